The van der Waals surface area contributed by atoms with Crippen LogP contribution in [0.2, 0.25) is 5.04 Å². The second-order valence-electron chi connectivity index (χ2n) is 11.9. The first-order valence-corrected chi connectivity index (χ1v) is 16.7. The monoisotopic (exact) mass is 596 g/mol. The molecule has 4 atom stereocenters. The molecule has 1 unspecified atom stereocenters. The minimum absolute atomic E-state index is 0.0666. The average molecular weight is 597 g/mol. The second kappa shape index (κ2) is 13.8. The van der Waals surface area contributed by atoms with Crippen LogP contribution in [-0.4, -0.2) is 51.1 Å². The third kappa shape index (κ3) is 6.98. The van der Waals surface area contributed by atoms with Gasteiger partial charge in [0.2, 0.25) is 0 Å². The van der Waals surface area contributed by atoms with Crippen LogP contribution in [0.15, 0.2) is 121 Å². The molecule has 1 N–H and O–H groups in total. The summed E-state index contributed by atoms with van der Waals surface area (Å²) in [4.78, 5) is 12.9. The fraction of sp³-hybridized carbons (Fsp3) is 0.306. The van der Waals surface area contributed by atoms with Gasteiger partial charge in [-0.05, 0) is 33.1 Å². The summed E-state index contributed by atoms with van der Waals surface area (Å²) >= 11 is 0. The van der Waals surface area contributed by atoms with Crippen molar-refractivity contribution < 1.29 is 28.5 Å². The van der Waals surface area contributed by atoms with E-state index in [0.29, 0.717) is 12.2 Å². The summed E-state index contributed by atoms with van der Waals surface area (Å²) in [5.74, 6) is -0.961. The molecule has 0 radical (unpaired) electrons. The van der Waals surface area contributed by atoms with E-state index in [1.165, 1.54) is 0 Å². The van der Waals surface area contributed by atoms with E-state index in [0.717, 1.165) is 15.9 Å². The van der Waals surface area contributed by atoms with E-state index in [2.05, 4.69) is 45.0 Å². The van der Waals surface area contributed by atoms with Crippen LogP contribution < -0.4 is 10.4 Å². The Morgan fingerprint density at radius 2 is 1.28 bits per heavy atom. The number of hydrogen-bond acceptors (Lipinski definition) is 6. The number of aliphatic hydroxyl groups is 1. The maximum Gasteiger partial charge on any atom is 0.338 e. The fourth-order valence-electron chi connectivity index (χ4n) is 5.87. The summed E-state index contributed by atoms with van der Waals surface area (Å²) in [7, 11) is -3.04. The Labute approximate surface area is 255 Å². The van der Waals surface area contributed by atoms with Crippen molar-refractivity contribution >= 4 is 24.7 Å². The lowest BCUT2D eigenvalue weighted by molar-refractivity contribution is -0.126. The topological polar surface area (TPSA) is 74.2 Å². The molecule has 1 aliphatic heterocycles. The second-order valence-corrected chi connectivity index (χ2v) is 16.2. The quantitative estimate of drug-likeness (QED) is 0.186. The first-order chi connectivity index (χ1) is 20.8. The predicted molar refractivity (Wildman–Crippen MR) is 170 cm³/mol. The van der Waals surface area contributed by atoms with Crippen LogP contribution >= 0.6 is 0 Å². The number of rotatable bonds is 11. The Morgan fingerprint density at radius 1 is 0.767 bits per heavy atom. The van der Waals surface area contributed by atoms with Gasteiger partial charge in [-0.25, -0.2) is 4.79 Å². The van der Waals surface area contributed by atoms with E-state index in [4.69, 9.17) is 18.6 Å². The number of hydrogen-bond donors (Lipinski definition) is 1. The number of benzene rings is 4. The molecule has 224 valence electrons. The van der Waals surface area contributed by atoms with Crippen LogP contribution in [0.4, 0.5) is 0 Å². The maximum atomic E-state index is 12.9. The van der Waals surface area contributed by atoms with E-state index in [1.54, 1.807) is 24.3 Å². The Hall–Kier alpha value is -3.59. The Bertz CT molecular complexity index is 1390. The fourth-order valence-corrected chi connectivity index (χ4v) is 10.6. The minimum atomic E-state index is -3.04. The minimum Gasteiger partial charge on any atom is -0.459 e. The zero-order valence-corrected chi connectivity index (χ0v) is 26.0. The highest BCUT2D eigenvalue weighted by Crippen LogP contribution is 2.41. The van der Waals surface area contributed by atoms with Crippen molar-refractivity contribution in [1.29, 1.82) is 0 Å². The van der Waals surface area contributed by atoms with Gasteiger partial charge in [0.25, 0.3) is 8.32 Å². The summed E-state index contributed by atoms with van der Waals surface area (Å²) in [5, 5.41) is 13.2. The molecule has 7 heteroatoms. The summed E-state index contributed by atoms with van der Waals surface area (Å²) in [6.45, 7) is 7.15. The lowest BCUT2D eigenvalue weighted by atomic mass is 10.0. The van der Waals surface area contributed by atoms with E-state index >= 15 is 0 Å². The van der Waals surface area contributed by atoms with Crippen molar-refractivity contribution in [2.45, 2.75) is 50.9 Å². The normalized spacial score (nSPS) is 20.6. The van der Waals surface area contributed by atoms with Crippen molar-refractivity contribution in [3.8, 4) is 0 Å². The molecule has 1 fully saturated rings. The third-order valence-corrected chi connectivity index (χ3v) is 13.0. The van der Waals surface area contributed by atoms with Crippen LogP contribution in [0.25, 0.3) is 0 Å². The molecule has 4 aromatic carbocycles. The molecule has 6 nitrogen and oxygen atoms in total. The smallest absolute Gasteiger partial charge is 0.338 e. The van der Waals surface area contributed by atoms with Crippen molar-refractivity contribution in [3.05, 3.63) is 132 Å². The molecule has 4 aromatic rings. The molecule has 1 saturated heterocycles. The van der Waals surface area contributed by atoms with E-state index in [1.807, 2.05) is 72.8 Å². The first kappa shape index (κ1) is 30.9. The van der Waals surface area contributed by atoms with E-state index in [9.17, 15) is 9.90 Å². The molecule has 0 spiro atoms. The number of aliphatic hydroxyl groups excluding tert-OH is 1. The van der Waals surface area contributed by atoms with Gasteiger partial charge in [0.05, 0.1) is 30.8 Å². The molecule has 1 aliphatic rings. The number of carbonyl (C=O) groups is 1. The summed E-state index contributed by atoms with van der Waals surface area (Å²) in [5.41, 5.74) is 1.49. The SMILES string of the molecule is CC(C)(C)[Si](O[C@@H]1[C@@H](COC(=O)c2ccccc2)OC(O)[C@@H]1COCc1ccccc1)(c1ccccc1)c1ccccc1. The summed E-state index contributed by atoms with van der Waals surface area (Å²) in [6.07, 6.45) is -2.46. The van der Waals surface area contributed by atoms with Gasteiger partial charge in [-0.15, -0.1) is 0 Å². The van der Waals surface area contributed by atoms with Crippen molar-refractivity contribution in [2.24, 2.45) is 5.92 Å². The molecule has 0 aliphatic carbocycles. The number of esters is 1. The average Bonchev–Trinajstić information content (AvgIpc) is 3.32. The van der Waals surface area contributed by atoms with Crippen LogP contribution in [0.3, 0.4) is 0 Å². The van der Waals surface area contributed by atoms with Gasteiger partial charge in [-0.2, -0.15) is 0 Å². The molecule has 0 bridgehead atoms. The number of carbonyl (C=O) groups excluding carboxylic acids is 1. The van der Waals surface area contributed by atoms with Gasteiger partial charge in [-0.3, -0.25) is 0 Å². The summed E-state index contributed by atoms with van der Waals surface area (Å²) in [6, 6.07) is 39.4. The zero-order chi connectivity index (χ0) is 30.3. The Balaban J connectivity index is 1.49. The molecule has 0 aromatic heterocycles. The van der Waals surface area contributed by atoms with Crippen LogP contribution in [0.1, 0.15) is 36.7 Å². The number of ether oxygens (including phenoxy) is 3. The van der Waals surface area contributed by atoms with Crippen molar-refractivity contribution in [2.75, 3.05) is 13.2 Å². The molecule has 1 heterocycles. The largest absolute Gasteiger partial charge is 0.459 e. The van der Waals surface area contributed by atoms with Crippen LogP contribution in [-0.2, 0) is 25.2 Å². The predicted octanol–water partition coefficient (Wildman–Crippen LogP) is 5.34. The lowest BCUT2D eigenvalue weighted by Gasteiger charge is -2.46. The van der Waals surface area contributed by atoms with Crippen LogP contribution in [0.5, 0.6) is 0 Å². The molecule has 43 heavy (non-hydrogen) atoms. The highest BCUT2D eigenvalue weighted by atomic mass is 28.4. The van der Waals surface area contributed by atoms with Gasteiger partial charge in [0.15, 0.2) is 6.29 Å². The molecule has 0 amide bonds. The van der Waals surface area contributed by atoms with Gasteiger partial charge >= 0.3 is 5.97 Å². The first-order valence-electron chi connectivity index (χ1n) is 14.8. The van der Waals surface area contributed by atoms with Gasteiger partial charge in [0, 0.05) is 0 Å². The maximum absolute atomic E-state index is 12.9. The van der Waals surface area contributed by atoms with Gasteiger partial charge in [-0.1, -0.05) is 130 Å². The molecular formula is C36H40O6Si. The standard InChI is InChI=1S/C36H40O6Si/c1-36(2,3)43(29-20-12-6-13-21-29,30-22-14-7-15-23-30)42-33-31(25-39-24-27-16-8-4-9-17-27)35(38)41-32(33)26-40-34(37)28-18-10-5-11-19-28/h4-23,31-33,35,38H,24-26H2,1-3H3/t31-,32-,33+,35?/m1/s1. The van der Waals surface area contributed by atoms with Crippen LogP contribution in [0, 0.1) is 5.92 Å². The molecular weight excluding hydrogens is 556 g/mol. The van der Waals surface area contributed by atoms with E-state index < -0.39 is 38.7 Å². The lowest BCUT2D eigenvalue weighted by Crippen LogP contribution is -2.69. The van der Waals surface area contributed by atoms with E-state index in [-0.39, 0.29) is 18.3 Å². The van der Waals surface area contributed by atoms with Crippen molar-refractivity contribution in [3.63, 3.8) is 0 Å². The zero-order valence-electron chi connectivity index (χ0n) is 25.0. The summed E-state index contributed by atoms with van der Waals surface area (Å²) < 4.78 is 25.4. The highest BCUT2D eigenvalue weighted by Gasteiger charge is 2.56. The Morgan fingerprint density at radius 3 is 1.81 bits per heavy atom. The molecule has 0 saturated carbocycles. The van der Waals surface area contributed by atoms with Crippen molar-refractivity contribution in [1.82, 2.24) is 0 Å². The van der Waals surface area contributed by atoms with Gasteiger partial charge in [0.1, 0.15) is 12.7 Å². The Kier molecular flexibility index (Phi) is 9.90. The molecule has 5 rings (SSSR count). The third-order valence-electron chi connectivity index (χ3n) is 8.01. The highest BCUT2D eigenvalue weighted by molar-refractivity contribution is 6.99. The van der Waals surface area contributed by atoms with Gasteiger partial charge < -0.3 is 23.7 Å².